The minimum Gasteiger partial charge on any atom is -0.106 e. The molecule has 0 heterocycles. The van der Waals surface area contributed by atoms with E-state index in [1.54, 1.807) is 5.57 Å². The first-order valence-corrected chi connectivity index (χ1v) is 14.6. The molecular weight excluding hydrogens is 432 g/mol. The molecule has 0 N–H and O–H groups in total. The highest BCUT2D eigenvalue weighted by molar-refractivity contribution is 5.22. The molecule has 1 unspecified atom stereocenters. The largest absolute Gasteiger partial charge is 0.106 e. The third-order valence-electron chi connectivity index (χ3n) is 4.62. The Morgan fingerprint density at radius 3 is 1.50 bits per heavy atom. The van der Waals surface area contributed by atoms with Gasteiger partial charge in [0.2, 0.25) is 0 Å². The minimum atomic E-state index is 0.821. The van der Waals surface area contributed by atoms with E-state index in [1.165, 1.54) is 31.3 Å². The third kappa shape index (κ3) is 58.2. The van der Waals surface area contributed by atoms with Crippen LogP contribution in [0.15, 0.2) is 86.1 Å². The highest BCUT2D eigenvalue weighted by Crippen LogP contribution is 2.25. The lowest BCUT2D eigenvalue weighted by Gasteiger charge is -2.20. The van der Waals surface area contributed by atoms with Gasteiger partial charge in [-0.15, -0.1) is 26.3 Å². The van der Waals surface area contributed by atoms with Crippen molar-refractivity contribution < 1.29 is 0 Å². The second-order valence-corrected chi connectivity index (χ2v) is 7.37. The second kappa shape index (κ2) is 58.8. The molecule has 0 amide bonds. The van der Waals surface area contributed by atoms with Crippen molar-refractivity contribution in [1.29, 1.82) is 0 Å². The Balaban J connectivity index is -0.0000000625. The average molecular weight is 505 g/mol. The van der Waals surface area contributed by atoms with E-state index < -0.39 is 0 Å². The summed E-state index contributed by atoms with van der Waals surface area (Å²) in [6, 6.07) is 0. The summed E-state index contributed by atoms with van der Waals surface area (Å²) < 4.78 is 0. The molecule has 0 spiro atoms. The van der Waals surface area contributed by atoms with E-state index in [0.29, 0.717) is 0 Å². The van der Waals surface area contributed by atoms with Crippen LogP contribution in [-0.4, -0.2) is 0 Å². The third-order valence-corrected chi connectivity index (χ3v) is 4.62. The molecule has 0 aromatic rings. The molecule has 0 radical (unpaired) electrons. The molecule has 36 heavy (non-hydrogen) atoms. The lowest BCUT2D eigenvalue weighted by atomic mass is 9.86. The Hall–Kier alpha value is -1.82. The van der Waals surface area contributed by atoms with Gasteiger partial charge in [0.1, 0.15) is 0 Å². The number of rotatable bonds is 7. The summed E-state index contributed by atoms with van der Waals surface area (Å²) in [7, 11) is 0. The number of hydrogen-bond donors (Lipinski definition) is 0. The van der Waals surface area contributed by atoms with Gasteiger partial charge in [0, 0.05) is 0 Å². The van der Waals surface area contributed by atoms with Crippen LogP contribution in [0.5, 0.6) is 0 Å². The molecule has 0 bridgehead atoms. The van der Waals surface area contributed by atoms with Gasteiger partial charge in [0.15, 0.2) is 0 Å². The zero-order valence-corrected chi connectivity index (χ0v) is 27.8. The van der Waals surface area contributed by atoms with Crippen LogP contribution in [0.3, 0.4) is 0 Å². The van der Waals surface area contributed by atoms with Crippen LogP contribution in [0, 0.1) is 11.8 Å². The zero-order chi connectivity index (χ0) is 30.2. The fraction of sp³-hybridized carbons (Fsp3) is 0.611. The van der Waals surface area contributed by atoms with Crippen molar-refractivity contribution in [3.8, 4) is 0 Å². The fourth-order valence-electron chi connectivity index (χ4n) is 2.32. The van der Waals surface area contributed by atoms with Gasteiger partial charge in [-0.3, -0.25) is 0 Å². The molecular formula is C36H72. The van der Waals surface area contributed by atoms with Crippen LogP contribution < -0.4 is 0 Å². The number of hydrogen-bond acceptors (Lipinski definition) is 0. The summed E-state index contributed by atoms with van der Waals surface area (Å²) in [6.45, 7) is 42.3. The summed E-state index contributed by atoms with van der Waals surface area (Å²) in [4.78, 5) is 0. The minimum absolute atomic E-state index is 0.821. The van der Waals surface area contributed by atoms with Gasteiger partial charge in [-0.2, -0.15) is 0 Å². The van der Waals surface area contributed by atoms with Crippen molar-refractivity contribution in [3.63, 3.8) is 0 Å². The molecule has 0 nitrogen and oxygen atoms in total. The van der Waals surface area contributed by atoms with Crippen molar-refractivity contribution in [2.75, 3.05) is 0 Å². The fourth-order valence-corrected chi connectivity index (χ4v) is 2.32. The second-order valence-electron chi connectivity index (χ2n) is 7.37. The Kier molecular flexibility index (Phi) is 83.1. The lowest BCUT2D eigenvalue weighted by Crippen LogP contribution is -2.08. The maximum Gasteiger partial charge on any atom is -0.0144 e. The highest BCUT2D eigenvalue weighted by Gasteiger charge is 2.12. The van der Waals surface area contributed by atoms with E-state index in [9.17, 15) is 0 Å². The Labute approximate surface area is 233 Å². The zero-order valence-electron chi connectivity index (χ0n) is 27.8. The Morgan fingerprint density at radius 2 is 1.31 bits per heavy atom. The maximum absolute atomic E-state index is 3.61. The van der Waals surface area contributed by atoms with E-state index in [2.05, 4.69) is 85.2 Å². The molecule has 0 fully saturated rings. The summed E-state index contributed by atoms with van der Waals surface area (Å²) in [5, 5.41) is 0. The summed E-state index contributed by atoms with van der Waals surface area (Å²) >= 11 is 0. The van der Waals surface area contributed by atoms with Crippen molar-refractivity contribution in [2.24, 2.45) is 11.8 Å². The van der Waals surface area contributed by atoms with Gasteiger partial charge in [0.25, 0.3) is 0 Å². The van der Waals surface area contributed by atoms with Crippen molar-refractivity contribution >= 4 is 0 Å². The number of allylic oxidation sites excluding steroid dienone is 10. The van der Waals surface area contributed by atoms with Crippen LogP contribution in [-0.2, 0) is 0 Å². The molecule has 0 heteroatoms. The molecule has 0 saturated heterocycles. The molecule has 1 aliphatic rings. The first-order chi connectivity index (χ1) is 17.4. The predicted molar refractivity (Wildman–Crippen MR) is 180 cm³/mol. The molecule has 0 aliphatic heterocycles. The smallest absolute Gasteiger partial charge is 0.0144 e. The van der Waals surface area contributed by atoms with Gasteiger partial charge in [-0.1, -0.05) is 135 Å². The monoisotopic (exact) mass is 505 g/mol. The lowest BCUT2D eigenvalue weighted by molar-refractivity contribution is 0.371. The van der Waals surface area contributed by atoms with Crippen LogP contribution in [0.1, 0.15) is 135 Å². The average Bonchev–Trinajstić information content (AvgIpc) is 2.97. The van der Waals surface area contributed by atoms with Gasteiger partial charge < -0.3 is 0 Å². The summed E-state index contributed by atoms with van der Waals surface area (Å²) in [5.74, 6) is 1.69. The highest BCUT2D eigenvalue weighted by atomic mass is 14.2. The quantitative estimate of drug-likeness (QED) is 0.302. The topological polar surface area (TPSA) is 0 Å². The molecule has 1 atom stereocenters. The standard InChI is InChI=1S/C13H22.C7H12.2C4H8.3C2H6.C2H4/c1-4-13(11(2)3)10-12-8-6-5-7-9-12;1-4-6-7(3)5-2;2*1-3-4-2;4*1-2/h6,8-9,11,13H,4-5,7,10H2,1-3H3;4-5H,1,6H2,2-3H3;3-4H,1-2H3;3H,1,4H2,2H3;3*1-2H3;1-2H2/b;7-5+;4-3-;;;;;. The van der Waals surface area contributed by atoms with Crippen molar-refractivity contribution in [2.45, 2.75) is 135 Å². The molecule has 0 aromatic carbocycles. The van der Waals surface area contributed by atoms with E-state index in [-0.39, 0.29) is 0 Å². The summed E-state index contributed by atoms with van der Waals surface area (Å²) in [5.41, 5.74) is 2.95. The first kappa shape index (κ1) is 50.9. The van der Waals surface area contributed by atoms with Crippen LogP contribution in [0.25, 0.3) is 0 Å². The van der Waals surface area contributed by atoms with E-state index >= 15 is 0 Å². The Bertz CT molecular complexity index is 464. The van der Waals surface area contributed by atoms with Gasteiger partial charge in [-0.25, -0.2) is 0 Å². The van der Waals surface area contributed by atoms with E-state index in [0.717, 1.165) is 24.7 Å². The summed E-state index contributed by atoms with van der Waals surface area (Å²) in [6.07, 6.45) is 24.1. The maximum atomic E-state index is 3.61. The molecule has 1 aliphatic carbocycles. The molecule has 0 saturated carbocycles. The van der Waals surface area contributed by atoms with Crippen LogP contribution in [0.2, 0.25) is 0 Å². The Morgan fingerprint density at radius 1 is 0.861 bits per heavy atom. The molecule has 216 valence electrons. The predicted octanol–water partition coefficient (Wildman–Crippen LogP) is 13.9. The van der Waals surface area contributed by atoms with Crippen LogP contribution in [0.4, 0.5) is 0 Å². The van der Waals surface area contributed by atoms with E-state index in [4.69, 9.17) is 0 Å². The first-order valence-electron chi connectivity index (χ1n) is 14.6. The van der Waals surface area contributed by atoms with Crippen LogP contribution >= 0.6 is 0 Å². The van der Waals surface area contributed by atoms with Crippen molar-refractivity contribution in [3.05, 3.63) is 86.1 Å². The van der Waals surface area contributed by atoms with Gasteiger partial charge in [-0.05, 0) is 71.6 Å². The van der Waals surface area contributed by atoms with Gasteiger partial charge in [0.05, 0.1) is 0 Å². The van der Waals surface area contributed by atoms with E-state index in [1.807, 2.05) is 86.6 Å². The molecule has 0 aromatic heterocycles. The SMILES string of the molecule is C/C=C\C.C=C.C=CC/C(C)=C/C.C=CCC.CC.CC.CC.CCC(CC1=CCCC=C1)C(C)C. The molecule has 1 rings (SSSR count). The van der Waals surface area contributed by atoms with Crippen molar-refractivity contribution in [1.82, 2.24) is 0 Å². The van der Waals surface area contributed by atoms with Gasteiger partial charge >= 0.3 is 0 Å². The normalized spacial score (nSPS) is 11.4.